The summed E-state index contributed by atoms with van der Waals surface area (Å²) in [6.07, 6.45) is 2.01. The topological polar surface area (TPSA) is 78.4 Å². The van der Waals surface area contributed by atoms with Gasteiger partial charge >= 0.3 is 6.03 Å². The maximum atomic E-state index is 11.6. The highest BCUT2D eigenvalue weighted by molar-refractivity contribution is 5.96. The van der Waals surface area contributed by atoms with Crippen LogP contribution in [0.3, 0.4) is 0 Å². The van der Waals surface area contributed by atoms with Gasteiger partial charge in [-0.2, -0.15) is 0 Å². The second kappa shape index (κ2) is 5.59. The van der Waals surface area contributed by atoms with Gasteiger partial charge in [0, 0.05) is 5.41 Å². The Morgan fingerprint density at radius 1 is 1.14 bits per heavy atom. The first-order valence-electron chi connectivity index (χ1n) is 4.81. The monoisotopic (exact) mass is 202 g/mol. The van der Waals surface area contributed by atoms with E-state index in [1.165, 1.54) is 5.48 Å². The molecule has 0 aromatic carbocycles. The van der Waals surface area contributed by atoms with E-state index < -0.39 is 11.4 Å². The van der Waals surface area contributed by atoms with Gasteiger partial charge in [0.1, 0.15) is 0 Å². The normalized spacial score (nSPS) is 10.9. The molecule has 0 aromatic rings. The number of imide groups is 1. The standard InChI is InChI=1S/C9H18N2O3/c1-4-9(5-2,6-3)7(12)10-8(13)11-14/h14H,4-6H2,1-3H3,(H2,10,11,12,13). The largest absolute Gasteiger partial charge is 0.345 e. The molecule has 0 heterocycles. The molecule has 0 atom stereocenters. The Morgan fingerprint density at radius 3 is 1.86 bits per heavy atom. The molecule has 0 radical (unpaired) electrons. The fourth-order valence-electron chi connectivity index (χ4n) is 1.50. The summed E-state index contributed by atoms with van der Waals surface area (Å²) >= 11 is 0. The lowest BCUT2D eigenvalue weighted by atomic mass is 9.79. The molecule has 5 heteroatoms. The molecule has 0 aliphatic heterocycles. The quantitative estimate of drug-likeness (QED) is 0.476. The van der Waals surface area contributed by atoms with E-state index >= 15 is 0 Å². The van der Waals surface area contributed by atoms with E-state index in [1.54, 1.807) is 0 Å². The first-order chi connectivity index (χ1) is 6.56. The predicted octanol–water partition coefficient (Wildman–Crippen LogP) is 1.42. The zero-order chi connectivity index (χ0) is 11.2. The lowest BCUT2D eigenvalue weighted by Gasteiger charge is -2.27. The predicted molar refractivity (Wildman–Crippen MR) is 51.8 cm³/mol. The van der Waals surface area contributed by atoms with Crippen molar-refractivity contribution >= 4 is 11.9 Å². The lowest BCUT2D eigenvalue weighted by Crippen LogP contribution is -2.46. The van der Waals surface area contributed by atoms with Crippen molar-refractivity contribution in [3.8, 4) is 0 Å². The first-order valence-corrected chi connectivity index (χ1v) is 4.81. The number of carbonyl (C=O) groups is 2. The molecule has 0 aromatic heterocycles. The Kier molecular flexibility index (Phi) is 5.15. The van der Waals surface area contributed by atoms with Crippen LogP contribution in [0.5, 0.6) is 0 Å². The van der Waals surface area contributed by atoms with Gasteiger partial charge in [0.15, 0.2) is 0 Å². The fraction of sp³-hybridized carbons (Fsp3) is 0.778. The molecular formula is C9H18N2O3. The van der Waals surface area contributed by atoms with Crippen LogP contribution in [0.1, 0.15) is 40.0 Å². The summed E-state index contributed by atoms with van der Waals surface area (Å²) in [5, 5.41) is 10.3. The van der Waals surface area contributed by atoms with Crippen molar-refractivity contribution < 1.29 is 14.8 Å². The summed E-state index contributed by atoms with van der Waals surface area (Å²) < 4.78 is 0. The van der Waals surface area contributed by atoms with E-state index in [9.17, 15) is 9.59 Å². The Balaban J connectivity index is 4.52. The molecule has 0 bridgehead atoms. The first kappa shape index (κ1) is 12.9. The van der Waals surface area contributed by atoms with Crippen molar-refractivity contribution in [2.24, 2.45) is 5.41 Å². The van der Waals surface area contributed by atoms with Gasteiger partial charge in [-0.1, -0.05) is 20.8 Å². The zero-order valence-corrected chi connectivity index (χ0v) is 8.89. The van der Waals surface area contributed by atoms with Crippen molar-refractivity contribution in [3.63, 3.8) is 0 Å². The van der Waals surface area contributed by atoms with Crippen molar-refractivity contribution in [2.45, 2.75) is 40.0 Å². The Labute approximate surface area is 83.8 Å². The molecule has 0 unspecified atom stereocenters. The SMILES string of the molecule is CCC(CC)(CC)C(=O)NC(=O)NO. The van der Waals surface area contributed by atoms with Gasteiger partial charge in [0.25, 0.3) is 0 Å². The van der Waals surface area contributed by atoms with Gasteiger partial charge in [-0.3, -0.25) is 15.3 Å². The third-order valence-electron chi connectivity index (χ3n) is 2.84. The summed E-state index contributed by atoms with van der Waals surface area (Å²) in [5.74, 6) is -0.337. The molecule has 0 aliphatic carbocycles. The number of hydrogen-bond donors (Lipinski definition) is 3. The molecule has 82 valence electrons. The van der Waals surface area contributed by atoms with Crippen LogP contribution in [0.4, 0.5) is 4.79 Å². The number of hydrogen-bond acceptors (Lipinski definition) is 3. The van der Waals surface area contributed by atoms with E-state index in [1.807, 2.05) is 20.8 Å². The third kappa shape index (κ3) is 2.70. The molecular weight excluding hydrogens is 184 g/mol. The summed E-state index contributed by atoms with van der Waals surface area (Å²) in [6, 6.07) is -0.880. The van der Waals surface area contributed by atoms with Crippen LogP contribution in [0.2, 0.25) is 0 Å². The summed E-state index contributed by atoms with van der Waals surface area (Å²) in [5.41, 5.74) is 0.862. The van der Waals surface area contributed by atoms with Gasteiger partial charge in [-0.25, -0.2) is 10.3 Å². The Bertz CT molecular complexity index is 204. The highest BCUT2D eigenvalue weighted by atomic mass is 16.5. The summed E-state index contributed by atoms with van der Waals surface area (Å²) in [4.78, 5) is 22.4. The third-order valence-corrected chi connectivity index (χ3v) is 2.84. The highest BCUT2D eigenvalue weighted by Crippen LogP contribution is 2.30. The minimum absolute atomic E-state index is 0.337. The van der Waals surface area contributed by atoms with E-state index in [0.717, 1.165) is 0 Å². The average molecular weight is 202 g/mol. The second-order valence-electron chi connectivity index (χ2n) is 3.24. The molecule has 0 fully saturated rings. The average Bonchev–Trinajstić information content (AvgIpc) is 2.21. The summed E-state index contributed by atoms with van der Waals surface area (Å²) in [6.45, 7) is 5.72. The van der Waals surface area contributed by atoms with E-state index in [2.05, 4.69) is 5.32 Å². The maximum Gasteiger partial charge on any atom is 0.345 e. The van der Waals surface area contributed by atoms with Crippen LogP contribution in [-0.4, -0.2) is 17.1 Å². The molecule has 0 rings (SSSR count). The Morgan fingerprint density at radius 2 is 1.57 bits per heavy atom. The van der Waals surface area contributed by atoms with Crippen LogP contribution < -0.4 is 10.8 Å². The van der Waals surface area contributed by atoms with Crippen LogP contribution >= 0.6 is 0 Å². The van der Waals surface area contributed by atoms with Gasteiger partial charge in [-0.15, -0.1) is 0 Å². The molecule has 3 N–H and O–H groups in total. The minimum Gasteiger partial charge on any atom is -0.287 e. The molecule has 5 nitrogen and oxygen atoms in total. The number of amides is 3. The van der Waals surface area contributed by atoms with Crippen LogP contribution in [-0.2, 0) is 4.79 Å². The molecule has 0 saturated heterocycles. The highest BCUT2D eigenvalue weighted by Gasteiger charge is 2.33. The van der Waals surface area contributed by atoms with Gasteiger partial charge in [-0.05, 0) is 19.3 Å². The number of urea groups is 1. The molecule has 0 saturated carbocycles. The fourth-order valence-corrected chi connectivity index (χ4v) is 1.50. The Hall–Kier alpha value is -1.10. The van der Waals surface area contributed by atoms with Crippen molar-refractivity contribution in [2.75, 3.05) is 0 Å². The van der Waals surface area contributed by atoms with Crippen molar-refractivity contribution in [3.05, 3.63) is 0 Å². The molecule has 3 amide bonds. The second-order valence-corrected chi connectivity index (χ2v) is 3.24. The molecule has 0 aliphatic rings. The van der Waals surface area contributed by atoms with E-state index in [-0.39, 0.29) is 5.91 Å². The van der Waals surface area contributed by atoms with Crippen molar-refractivity contribution in [1.29, 1.82) is 0 Å². The van der Waals surface area contributed by atoms with Crippen LogP contribution in [0, 0.1) is 5.41 Å². The smallest absolute Gasteiger partial charge is 0.287 e. The minimum atomic E-state index is -0.880. The number of rotatable bonds is 4. The number of hydroxylamine groups is 1. The van der Waals surface area contributed by atoms with E-state index in [4.69, 9.17) is 5.21 Å². The molecule has 14 heavy (non-hydrogen) atoms. The lowest BCUT2D eigenvalue weighted by molar-refractivity contribution is -0.130. The maximum absolute atomic E-state index is 11.6. The number of carbonyl (C=O) groups excluding carboxylic acids is 2. The molecule has 0 spiro atoms. The van der Waals surface area contributed by atoms with Gasteiger partial charge in [0.05, 0.1) is 0 Å². The summed E-state index contributed by atoms with van der Waals surface area (Å²) in [7, 11) is 0. The van der Waals surface area contributed by atoms with Crippen LogP contribution in [0.15, 0.2) is 0 Å². The van der Waals surface area contributed by atoms with Gasteiger partial charge < -0.3 is 0 Å². The zero-order valence-electron chi connectivity index (χ0n) is 8.89. The van der Waals surface area contributed by atoms with Crippen LogP contribution in [0.25, 0.3) is 0 Å². The van der Waals surface area contributed by atoms with Crippen molar-refractivity contribution in [1.82, 2.24) is 10.8 Å². The van der Waals surface area contributed by atoms with E-state index in [0.29, 0.717) is 19.3 Å². The number of nitrogens with one attached hydrogen (secondary N) is 2. The van der Waals surface area contributed by atoms with Gasteiger partial charge in [0.2, 0.25) is 5.91 Å².